The minimum absolute atomic E-state index is 0. The topological polar surface area (TPSA) is 52.3 Å². The number of hydrogen-bond acceptors (Lipinski definition) is 4. The summed E-state index contributed by atoms with van der Waals surface area (Å²) in [6, 6.07) is 20.1. The standard InChI is InChI=1S/C23H26N2O3.ClH/c1-2-27-23(26)21-14-9-15-25(18-21)16-17-28-24-22(19-10-5-3-6-11-19)20-12-7-4-8-13-20;/h3-8,10-14H,2,9,15-18H2,1H3;1H. The smallest absolute Gasteiger partial charge is 0.339 e. The number of nitrogens with one attached hydrogen (secondary N) is 1. The van der Waals surface area contributed by atoms with Crippen molar-refractivity contribution < 1.29 is 31.7 Å². The van der Waals surface area contributed by atoms with E-state index in [9.17, 15) is 4.79 Å². The molecule has 0 saturated carbocycles. The van der Waals surface area contributed by atoms with Crippen LogP contribution in [0, 0.1) is 0 Å². The summed E-state index contributed by atoms with van der Waals surface area (Å²) in [7, 11) is 0. The number of benzene rings is 2. The Balaban J connectivity index is 0.00000300. The highest BCUT2D eigenvalue weighted by Crippen LogP contribution is 2.11. The second-order valence-corrected chi connectivity index (χ2v) is 6.67. The van der Waals surface area contributed by atoms with Crippen molar-refractivity contribution >= 4 is 11.7 Å². The Labute approximate surface area is 178 Å². The van der Waals surface area contributed by atoms with Gasteiger partial charge in [-0.3, -0.25) is 0 Å². The maximum Gasteiger partial charge on any atom is 0.339 e. The van der Waals surface area contributed by atoms with E-state index in [4.69, 9.17) is 9.57 Å². The third kappa shape index (κ3) is 6.73. The third-order valence-electron chi connectivity index (χ3n) is 4.66. The fraction of sp³-hybridized carbons (Fsp3) is 0.304. The molecule has 0 radical (unpaired) electrons. The van der Waals surface area contributed by atoms with Gasteiger partial charge < -0.3 is 26.9 Å². The molecule has 154 valence electrons. The van der Waals surface area contributed by atoms with Gasteiger partial charge in [0.05, 0.1) is 18.7 Å². The molecule has 0 fully saturated rings. The number of carbonyl (C=O) groups excluding carboxylic acids is 1. The Kier molecular flexibility index (Phi) is 9.41. The third-order valence-corrected chi connectivity index (χ3v) is 4.66. The minimum Gasteiger partial charge on any atom is -1.00 e. The Hall–Kier alpha value is -2.63. The summed E-state index contributed by atoms with van der Waals surface area (Å²) in [4.78, 5) is 18.9. The lowest BCUT2D eigenvalue weighted by Gasteiger charge is -2.23. The van der Waals surface area contributed by atoms with E-state index in [0.717, 1.165) is 41.9 Å². The van der Waals surface area contributed by atoms with Gasteiger partial charge in [-0.1, -0.05) is 71.9 Å². The van der Waals surface area contributed by atoms with Crippen LogP contribution >= 0.6 is 0 Å². The van der Waals surface area contributed by atoms with Crippen LogP contribution in [0.15, 0.2) is 77.5 Å². The van der Waals surface area contributed by atoms with Crippen molar-refractivity contribution in [1.29, 1.82) is 0 Å². The lowest BCUT2D eigenvalue weighted by Crippen LogP contribution is -3.13. The van der Waals surface area contributed by atoms with Crippen LogP contribution < -0.4 is 17.3 Å². The van der Waals surface area contributed by atoms with Crippen LogP contribution in [0.4, 0.5) is 0 Å². The fourth-order valence-electron chi connectivity index (χ4n) is 3.24. The quantitative estimate of drug-likeness (QED) is 0.267. The Morgan fingerprint density at radius 2 is 1.66 bits per heavy atom. The van der Waals surface area contributed by atoms with E-state index < -0.39 is 0 Å². The molecule has 6 heteroatoms. The number of carbonyl (C=O) groups is 1. The SMILES string of the molecule is CCOC(=O)C1=CCC[NH+](CCON=C(c2ccccc2)c2ccccc2)C1.[Cl-]. The number of esters is 1. The summed E-state index contributed by atoms with van der Waals surface area (Å²) in [5, 5.41) is 4.43. The van der Waals surface area contributed by atoms with Gasteiger partial charge in [-0.15, -0.1) is 0 Å². The molecule has 2 aromatic carbocycles. The van der Waals surface area contributed by atoms with Gasteiger partial charge in [-0.25, -0.2) is 4.79 Å². The van der Waals surface area contributed by atoms with Gasteiger partial charge in [0.2, 0.25) is 0 Å². The van der Waals surface area contributed by atoms with Crippen LogP contribution in [0.1, 0.15) is 24.5 Å². The minimum atomic E-state index is -0.200. The highest BCUT2D eigenvalue weighted by atomic mass is 35.5. The van der Waals surface area contributed by atoms with E-state index in [1.54, 1.807) is 0 Å². The van der Waals surface area contributed by atoms with Crippen molar-refractivity contribution in [1.82, 2.24) is 0 Å². The molecule has 1 aliphatic heterocycles. The first-order chi connectivity index (χ1) is 13.8. The van der Waals surface area contributed by atoms with E-state index in [2.05, 4.69) is 5.16 Å². The maximum atomic E-state index is 11.9. The zero-order valence-corrected chi connectivity index (χ0v) is 17.4. The van der Waals surface area contributed by atoms with Crippen molar-refractivity contribution in [3.05, 3.63) is 83.4 Å². The normalized spacial score (nSPS) is 15.5. The lowest BCUT2D eigenvalue weighted by atomic mass is 10.0. The summed E-state index contributed by atoms with van der Waals surface area (Å²) in [6.45, 7) is 5.18. The number of oxime groups is 1. The molecule has 0 bridgehead atoms. The van der Waals surface area contributed by atoms with Gasteiger partial charge in [-0.2, -0.15) is 0 Å². The molecule has 1 unspecified atom stereocenters. The van der Waals surface area contributed by atoms with Gasteiger partial charge >= 0.3 is 5.97 Å². The Morgan fingerprint density at radius 3 is 2.24 bits per heavy atom. The summed E-state index contributed by atoms with van der Waals surface area (Å²) >= 11 is 0. The number of hydrogen-bond donors (Lipinski definition) is 1. The predicted molar refractivity (Wildman–Crippen MR) is 109 cm³/mol. The van der Waals surface area contributed by atoms with Crippen LogP contribution in [0.25, 0.3) is 0 Å². The van der Waals surface area contributed by atoms with E-state index in [-0.39, 0.29) is 18.4 Å². The second-order valence-electron chi connectivity index (χ2n) is 6.67. The second kappa shape index (κ2) is 12.0. The van der Waals surface area contributed by atoms with E-state index >= 15 is 0 Å². The zero-order chi connectivity index (χ0) is 19.6. The number of rotatable bonds is 8. The van der Waals surface area contributed by atoms with E-state index in [0.29, 0.717) is 19.8 Å². The molecule has 1 aliphatic rings. The summed E-state index contributed by atoms with van der Waals surface area (Å²) in [6.07, 6.45) is 2.87. The maximum absolute atomic E-state index is 11.9. The predicted octanol–water partition coefficient (Wildman–Crippen LogP) is -0.762. The summed E-state index contributed by atoms with van der Waals surface area (Å²) < 4.78 is 5.11. The highest BCUT2D eigenvalue weighted by molar-refractivity contribution is 6.12. The molecule has 0 aromatic heterocycles. The van der Waals surface area contributed by atoms with Crippen molar-refractivity contribution in [3.63, 3.8) is 0 Å². The number of quaternary nitrogens is 1. The average Bonchev–Trinajstić information content (AvgIpc) is 2.75. The largest absolute Gasteiger partial charge is 1.00 e. The van der Waals surface area contributed by atoms with Gasteiger partial charge in [0, 0.05) is 17.5 Å². The van der Waals surface area contributed by atoms with E-state index in [1.807, 2.05) is 73.7 Å². The van der Waals surface area contributed by atoms with Crippen LogP contribution in [-0.2, 0) is 14.4 Å². The molecule has 1 heterocycles. The monoisotopic (exact) mass is 414 g/mol. The first kappa shape index (κ1) is 22.7. The molecule has 3 rings (SSSR count). The van der Waals surface area contributed by atoms with Gasteiger partial charge in [0.25, 0.3) is 0 Å². The highest BCUT2D eigenvalue weighted by Gasteiger charge is 2.21. The Bertz CT molecular complexity index is 781. The summed E-state index contributed by atoms with van der Waals surface area (Å²) in [5.74, 6) is -0.200. The van der Waals surface area contributed by atoms with E-state index in [1.165, 1.54) is 4.90 Å². The molecule has 0 spiro atoms. The average molecular weight is 415 g/mol. The Morgan fingerprint density at radius 1 is 1.03 bits per heavy atom. The molecule has 0 amide bonds. The van der Waals surface area contributed by atoms with Gasteiger partial charge in [-0.05, 0) is 6.92 Å². The number of ether oxygens (including phenoxy) is 1. The molecule has 29 heavy (non-hydrogen) atoms. The summed E-state index contributed by atoms with van der Waals surface area (Å²) in [5.41, 5.74) is 3.63. The first-order valence-corrected chi connectivity index (χ1v) is 9.78. The molecular weight excluding hydrogens is 388 g/mol. The molecule has 1 atom stereocenters. The lowest BCUT2D eigenvalue weighted by molar-refractivity contribution is -0.896. The van der Waals surface area contributed by atoms with Crippen LogP contribution in [-0.4, -0.2) is 44.5 Å². The first-order valence-electron chi connectivity index (χ1n) is 9.78. The van der Waals surface area contributed by atoms with Crippen molar-refractivity contribution in [2.45, 2.75) is 13.3 Å². The van der Waals surface area contributed by atoms with Gasteiger partial charge in [0.1, 0.15) is 18.8 Å². The molecule has 5 nitrogen and oxygen atoms in total. The molecule has 2 aromatic rings. The molecule has 1 N–H and O–H groups in total. The van der Waals surface area contributed by atoms with Crippen molar-refractivity contribution in [2.24, 2.45) is 5.16 Å². The van der Waals surface area contributed by atoms with Gasteiger partial charge in [0.15, 0.2) is 6.61 Å². The number of halogens is 1. The fourth-order valence-corrected chi connectivity index (χ4v) is 3.24. The molecule has 0 aliphatic carbocycles. The molecular formula is C23H27ClN2O3. The van der Waals surface area contributed by atoms with Crippen LogP contribution in [0.2, 0.25) is 0 Å². The van der Waals surface area contributed by atoms with Crippen LogP contribution in [0.3, 0.4) is 0 Å². The van der Waals surface area contributed by atoms with Crippen molar-refractivity contribution in [3.8, 4) is 0 Å². The number of nitrogens with zero attached hydrogens (tertiary/aromatic N) is 1. The van der Waals surface area contributed by atoms with Crippen LogP contribution in [0.5, 0.6) is 0 Å². The zero-order valence-electron chi connectivity index (χ0n) is 16.6. The van der Waals surface area contributed by atoms with Crippen molar-refractivity contribution in [2.75, 3.05) is 32.8 Å². The molecule has 0 saturated heterocycles.